The van der Waals surface area contributed by atoms with Crippen molar-refractivity contribution in [2.24, 2.45) is 5.92 Å². The van der Waals surface area contributed by atoms with Crippen LogP contribution in [0.15, 0.2) is 18.2 Å². The van der Waals surface area contributed by atoms with E-state index in [0.29, 0.717) is 11.5 Å². The van der Waals surface area contributed by atoms with Crippen LogP contribution >= 0.6 is 0 Å². The van der Waals surface area contributed by atoms with Gasteiger partial charge in [0.05, 0.1) is 5.56 Å². The van der Waals surface area contributed by atoms with Gasteiger partial charge in [-0.15, -0.1) is 0 Å². The predicted octanol–water partition coefficient (Wildman–Crippen LogP) is 2.86. The molecule has 0 aliphatic heterocycles. The van der Waals surface area contributed by atoms with E-state index in [1.165, 1.54) is 6.42 Å². The smallest absolute Gasteiger partial charge is 0.338 e. The van der Waals surface area contributed by atoms with E-state index in [1.807, 2.05) is 26.0 Å². The highest BCUT2D eigenvalue weighted by molar-refractivity contribution is 5.97. The molecule has 2 rings (SSSR count). The summed E-state index contributed by atoms with van der Waals surface area (Å²) in [5.74, 6) is -0.815. The molecular formula is C19H26N2O4. The molecule has 0 radical (unpaired) electrons. The van der Waals surface area contributed by atoms with Gasteiger partial charge in [-0.3, -0.25) is 10.1 Å². The van der Waals surface area contributed by atoms with Gasteiger partial charge < -0.3 is 10.1 Å². The van der Waals surface area contributed by atoms with Crippen LogP contribution in [0.3, 0.4) is 0 Å². The Morgan fingerprint density at radius 1 is 1.16 bits per heavy atom. The van der Waals surface area contributed by atoms with Crippen LogP contribution < -0.4 is 10.6 Å². The third-order valence-corrected chi connectivity index (χ3v) is 4.62. The molecule has 1 aromatic rings. The lowest BCUT2D eigenvalue weighted by atomic mass is 9.86. The molecule has 1 aliphatic rings. The predicted molar refractivity (Wildman–Crippen MR) is 94.3 cm³/mol. The molecule has 1 fully saturated rings. The number of imide groups is 1. The number of urea groups is 1. The first kappa shape index (κ1) is 19.0. The molecule has 0 aromatic heterocycles. The molecule has 1 saturated carbocycles. The zero-order chi connectivity index (χ0) is 18.4. The second-order valence-electron chi connectivity index (χ2n) is 6.78. The van der Waals surface area contributed by atoms with Crippen molar-refractivity contribution in [1.29, 1.82) is 0 Å². The molecule has 3 amide bonds. The highest BCUT2D eigenvalue weighted by Gasteiger charge is 2.23. The molecule has 1 aliphatic carbocycles. The van der Waals surface area contributed by atoms with Crippen LogP contribution in [0.25, 0.3) is 0 Å². The summed E-state index contributed by atoms with van der Waals surface area (Å²) in [5, 5.41) is 5.03. The molecule has 136 valence electrons. The molecule has 1 aromatic carbocycles. The number of amides is 3. The van der Waals surface area contributed by atoms with Crippen molar-refractivity contribution < 1.29 is 19.1 Å². The molecule has 25 heavy (non-hydrogen) atoms. The lowest BCUT2D eigenvalue weighted by Gasteiger charge is -2.29. The van der Waals surface area contributed by atoms with E-state index in [2.05, 4.69) is 17.6 Å². The van der Waals surface area contributed by atoms with E-state index < -0.39 is 24.5 Å². The van der Waals surface area contributed by atoms with Crippen molar-refractivity contribution >= 4 is 17.9 Å². The minimum atomic E-state index is -0.640. The molecule has 6 heteroatoms. The number of esters is 1. The summed E-state index contributed by atoms with van der Waals surface area (Å²) in [6, 6.07) is 4.89. The number of aryl methyl sites for hydroxylation is 2. The number of ether oxygens (including phenoxy) is 1. The van der Waals surface area contributed by atoms with E-state index >= 15 is 0 Å². The summed E-state index contributed by atoms with van der Waals surface area (Å²) >= 11 is 0. The lowest BCUT2D eigenvalue weighted by Crippen LogP contribution is -2.48. The Morgan fingerprint density at radius 2 is 1.88 bits per heavy atom. The molecule has 2 N–H and O–H groups in total. The van der Waals surface area contributed by atoms with E-state index in [-0.39, 0.29) is 6.04 Å². The number of rotatable bonds is 4. The number of hydrogen-bond acceptors (Lipinski definition) is 4. The highest BCUT2D eigenvalue weighted by Crippen LogP contribution is 2.23. The molecule has 0 spiro atoms. The van der Waals surface area contributed by atoms with Gasteiger partial charge in [0.15, 0.2) is 6.61 Å². The van der Waals surface area contributed by atoms with Crippen molar-refractivity contribution in [3.63, 3.8) is 0 Å². The standard InChI is InChI=1S/C19H26N2O4/c1-12-8-9-15(14(3)10-12)18(23)25-11-17(22)21-19(24)20-16-7-5-4-6-13(16)2/h8-10,13,16H,4-7,11H2,1-3H3,(H2,20,21,22,24)/t13-,16+/m1/s1. The number of nitrogens with one attached hydrogen (secondary N) is 2. The molecule has 2 atom stereocenters. The first-order chi connectivity index (χ1) is 11.9. The Kier molecular flexibility index (Phi) is 6.56. The summed E-state index contributed by atoms with van der Waals surface area (Å²) in [5.41, 5.74) is 2.24. The summed E-state index contributed by atoms with van der Waals surface area (Å²) < 4.78 is 4.99. The van der Waals surface area contributed by atoms with Crippen LogP contribution in [0.2, 0.25) is 0 Å². The van der Waals surface area contributed by atoms with Gasteiger partial charge in [-0.1, -0.05) is 37.5 Å². The SMILES string of the molecule is Cc1ccc(C(=O)OCC(=O)NC(=O)N[C@H]2CCCC[C@H]2C)c(C)c1. The summed E-state index contributed by atoms with van der Waals surface area (Å²) in [6.45, 7) is 5.35. The summed E-state index contributed by atoms with van der Waals surface area (Å²) in [6.07, 6.45) is 4.25. The largest absolute Gasteiger partial charge is 0.452 e. The van der Waals surface area contributed by atoms with Crippen molar-refractivity contribution in [2.45, 2.75) is 52.5 Å². The van der Waals surface area contributed by atoms with E-state index in [0.717, 1.165) is 30.4 Å². The van der Waals surface area contributed by atoms with Gasteiger partial charge in [-0.2, -0.15) is 0 Å². The maximum Gasteiger partial charge on any atom is 0.338 e. The van der Waals surface area contributed by atoms with Gasteiger partial charge in [-0.05, 0) is 44.2 Å². The molecule has 0 unspecified atom stereocenters. The Bertz CT molecular complexity index is 657. The quantitative estimate of drug-likeness (QED) is 0.821. The molecule has 0 bridgehead atoms. The van der Waals surface area contributed by atoms with Crippen molar-refractivity contribution in [1.82, 2.24) is 10.6 Å². The van der Waals surface area contributed by atoms with Crippen LogP contribution in [0.1, 0.15) is 54.1 Å². The third kappa shape index (κ3) is 5.59. The van der Waals surface area contributed by atoms with Crippen molar-refractivity contribution in [3.8, 4) is 0 Å². The summed E-state index contributed by atoms with van der Waals surface area (Å²) in [7, 11) is 0. The Labute approximate surface area is 148 Å². The normalized spacial score (nSPS) is 19.8. The fourth-order valence-electron chi connectivity index (χ4n) is 3.15. The zero-order valence-electron chi connectivity index (χ0n) is 15.1. The second kappa shape index (κ2) is 8.65. The van der Waals surface area contributed by atoms with Crippen molar-refractivity contribution in [3.05, 3.63) is 34.9 Å². The first-order valence-electron chi connectivity index (χ1n) is 8.71. The van der Waals surface area contributed by atoms with Crippen LogP contribution in [0.5, 0.6) is 0 Å². The van der Waals surface area contributed by atoms with Gasteiger partial charge in [0.1, 0.15) is 0 Å². The fourth-order valence-corrected chi connectivity index (χ4v) is 3.15. The van der Waals surface area contributed by atoms with Gasteiger partial charge in [-0.25, -0.2) is 9.59 Å². The van der Waals surface area contributed by atoms with Gasteiger partial charge in [0.2, 0.25) is 0 Å². The van der Waals surface area contributed by atoms with E-state index in [4.69, 9.17) is 4.74 Å². The Morgan fingerprint density at radius 3 is 2.56 bits per heavy atom. The molecule has 0 saturated heterocycles. The number of benzene rings is 1. The Balaban J connectivity index is 1.77. The molecule has 6 nitrogen and oxygen atoms in total. The van der Waals surface area contributed by atoms with E-state index in [9.17, 15) is 14.4 Å². The first-order valence-corrected chi connectivity index (χ1v) is 8.71. The third-order valence-electron chi connectivity index (χ3n) is 4.62. The summed E-state index contributed by atoms with van der Waals surface area (Å²) in [4.78, 5) is 35.7. The average Bonchev–Trinajstić information content (AvgIpc) is 2.54. The number of hydrogen-bond donors (Lipinski definition) is 2. The Hall–Kier alpha value is -2.37. The fraction of sp³-hybridized carbons (Fsp3) is 0.526. The second-order valence-corrected chi connectivity index (χ2v) is 6.78. The zero-order valence-corrected chi connectivity index (χ0v) is 15.1. The van der Waals surface area contributed by atoms with Crippen LogP contribution in [-0.4, -0.2) is 30.6 Å². The topological polar surface area (TPSA) is 84.5 Å². The monoisotopic (exact) mass is 346 g/mol. The minimum absolute atomic E-state index is 0.0827. The van der Waals surface area contributed by atoms with Crippen molar-refractivity contribution in [2.75, 3.05) is 6.61 Å². The van der Waals surface area contributed by atoms with Crippen LogP contribution in [-0.2, 0) is 9.53 Å². The van der Waals surface area contributed by atoms with Crippen LogP contribution in [0, 0.1) is 19.8 Å². The number of carbonyl (C=O) groups excluding carboxylic acids is 3. The minimum Gasteiger partial charge on any atom is -0.452 e. The van der Waals surface area contributed by atoms with Gasteiger partial charge in [0, 0.05) is 6.04 Å². The van der Waals surface area contributed by atoms with Gasteiger partial charge >= 0.3 is 12.0 Å². The maximum atomic E-state index is 12.0. The number of carbonyl (C=O) groups is 3. The molecule has 0 heterocycles. The van der Waals surface area contributed by atoms with E-state index in [1.54, 1.807) is 6.07 Å². The van der Waals surface area contributed by atoms with Crippen LogP contribution in [0.4, 0.5) is 4.79 Å². The average molecular weight is 346 g/mol. The maximum absolute atomic E-state index is 12.0. The lowest BCUT2D eigenvalue weighted by molar-refractivity contribution is -0.123. The van der Waals surface area contributed by atoms with Gasteiger partial charge in [0.25, 0.3) is 5.91 Å². The molecular weight excluding hydrogens is 320 g/mol. The highest BCUT2D eigenvalue weighted by atomic mass is 16.5.